The number of allylic oxidation sites excluding steroid dienone is 2. The molecule has 29 heavy (non-hydrogen) atoms. The van der Waals surface area contributed by atoms with Crippen LogP contribution in [-0.2, 0) is 9.59 Å². The summed E-state index contributed by atoms with van der Waals surface area (Å²) in [7, 11) is 0. The summed E-state index contributed by atoms with van der Waals surface area (Å²) in [5, 5.41) is 10.3. The zero-order chi connectivity index (χ0) is 21.4. The fraction of sp³-hybridized carbons (Fsp3) is 0.846. The van der Waals surface area contributed by atoms with Gasteiger partial charge in [-0.3, -0.25) is 9.59 Å². The second kappa shape index (κ2) is 8.55. The fourth-order valence-corrected chi connectivity index (χ4v) is 7.40. The van der Waals surface area contributed by atoms with Gasteiger partial charge in [-0.1, -0.05) is 60.0 Å². The number of ketones is 1. The van der Waals surface area contributed by atoms with Crippen LogP contribution in [-0.4, -0.2) is 16.9 Å². The summed E-state index contributed by atoms with van der Waals surface area (Å²) >= 11 is 0. The van der Waals surface area contributed by atoms with Crippen LogP contribution < -0.4 is 0 Å². The number of hydrogen-bond acceptors (Lipinski definition) is 2. The maximum atomic E-state index is 12.5. The zero-order valence-electron chi connectivity index (χ0n) is 19.2. The van der Waals surface area contributed by atoms with Crippen molar-refractivity contribution >= 4 is 11.8 Å². The quantitative estimate of drug-likeness (QED) is 0.527. The number of carboxylic acid groups (broad SMARTS) is 1. The van der Waals surface area contributed by atoms with E-state index in [2.05, 4.69) is 34.6 Å². The maximum absolute atomic E-state index is 12.5. The molecule has 3 aliphatic rings. The first kappa shape index (κ1) is 22.6. The number of carbonyl (C=O) groups is 2. The summed E-state index contributed by atoms with van der Waals surface area (Å²) in [5.41, 5.74) is 0.000623. The van der Waals surface area contributed by atoms with Gasteiger partial charge in [0.15, 0.2) is 5.78 Å². The van der Waals surface area contributed by atoms with Crippen LogP contribution in [0, 0.1) is 46.3 Å². The fourth-order valence-electron chi connectivity index (χ4n) is 7.40. The van der Waals surface area contributed by atoms with Gasteiger partial charge in [-0.15, -0.1) is 0 Å². The molecule has 0 radical (unpaired) electrons. The molecule has 164 valence electrons. The number of aliphatic carboxylic acids is 1. The molecule has 2 saturated carbocycles. The van der Waals surface area contributed by atoms with E-state index in [9.17, 15) is 14.7 Å². The molecule has 1 N–H and O–H groups in total. The second-order valence-electron chi connectivity index (χ2n) is 11.4. The number of fused-ring (bicyclic) bond motifs is 1. The Labute approximate surface area is 177 Å². The molecule has 7 atom stereocenters. The zero-order valence-corrected chi connectivity index (χ0v) is 19.2. The monoisotopic (exact) mass is 402 g/mol. The van der Waals surface area contributed by atoms with Crippen molar-refractivity contribution in [3.63, 3.8) is 0 Å². The van der Waals surface area contributed by atoms with Gasteiger partial charge in [0, 0.05) is 6.42 Å². The van der Waals surface area contributed by atoms with E-state index >= 15 is 0 Å². The Balaban J connectivity index is 1.79. The van der Waals surface area contributed by atoms with Gasteiger partial charge in [-0.05, 0) is 78.6 Å². The number of carbonyl (C=O) groups excluding carboxylic acids is 1. The average molecular weight is 403 g/mol. The summed E-state index contributed by atoms with van der Waals surface area (Å²) in [6, 6.07) is 0. The molecule has 0 heterocycles. The summed E-state index contributed by atoms with van der Waals surface area (Å²) in [6.07, 6.45) is 13.3. The third-order valence-corrected chi connectivity index (χ3v) is 9.16. The van der Waals surface area contributed by atoms with Gasteiger partial charge in [0.2, 0.25) is 0 Å². The van der Waals surface area contributed by atoms with Gasteiger partial charge in [0.25, 0.3) is 0 Å². The van der Waals surface area contributed by atoms with Crippen molar-refractivity contribution in [3.05, 3.63) is 12.2 Å². The lowest BCUT2D eigenvalue weighted by Crippen LogP contribution is -2.50. The minimum Gasteiger partial charge on any atom is -0.481 e. The number of carboxylic acids is 1. The van der Waals surface area contributed by atoms with Crippen LogP contribution in [0.5, 0.6) is 0 Å². The summed E-state index contributed by atoms with van der Waals surface area (Å²) in [5.74, 6) is 1.83. The molecular weight excluding hydrogens is 360 g/mol. The normalized spacial score (nSPS) is 40.8. The largest absolute Gasteiger partial charge is 0.481 e. The molecule has 0 aliphatic heterocycles. The van der Waals surface area contributed by atoms with Crippen molar-refractivity contribution in [3.8, 4) is 0 Å². The molecule has 0 saturated heterocycles. The molecule has 3 rings (SSSR count). The minimum absolute atomic E-state index is 0.150. The first-order chi connectivity index (χ1) is 13.6. The van der Waals surface area contributed by atoms with Crippen molar-refractivity contribution in [2.45, 2.75) is 92.4 Å². The van der Waals surface area contributed by atoms with Crippen molar-refractivity contribution in [2.75, 3.05) is 0 Å². The molecule has 0 aromatic carbocycles. The highest BCUT2D eigenvalue weighted by molar-refractivity contribution is 5.90. The Hall–Kier alpha value is -1.12. The van der Waals surface area contributed by atoms with E-state index in [-0.39, 0.29) is 34.4 Å². The highest BCUT2D eigenvalue weighted by Crippen LogP contribution is 2.64. The maximum Gasteiger partial charge on any atom is 0.307 e. The van der Waals surface area contributed by atoms with Crippen LogP contribution in [0.3, 0.4) is 0 Å². The van der Waals surface area contributed by atoms with Gasteiger partial charge >= 0.3 is 5.97 Å². The van der Waals surface area contributed by atoms with E-state index in [0.717, 1.165) is 31.6 Å². The first-order valence-corrected chi connectivity index (χ1v) is 12.0. The molecule has 0 unspecified atom stereocenters. The third kappa shape index (κ3) is 4.35. The number of rotatable bonds is 7. The molecule has 0 bridgehead atoms. The molecule has 0 aromatic rings. The van der Waals surface area contributed by atoms with E-state index in [4.69, 9.17) is 0 Å². The van der Waals surface area contributed by atoms with Crippen LogP contribution in [0.1, 0.15) is 92.4 Å². The van der Waals surface area contributed by atoms with Gasteiger partial charge in [0.05, 0.1) is 5.92 Å². The van der Waals surface area contributed by atoms with Crippen LogP contribution in [0.2, 0.25) is 0 Å². The standard InChI is InChI=1S/C26H42O3/c1-17(2)7-6-8-18(3)20-9-10-22-23(24(28)29)21(13-16-26(20,22)5)25(4)14-11-19(27)12-15-25/h11,14,17-18,20-23H,6-10,12-13,15-16H2,1-5H3,(H,28,29)/t18-,20+,21+,22+,23+,25-,26-/m1/s1. The Bertz CT molecular complexity index is 650. The molecular formula is C26H42O3. The average Bonchev–Trinajstić information content (AvgIpc) is 3.00. The lowest BCUT2D eigenvalue weighted by Gasteiger charge is -2.53. The van der Waals surface area contributed by atoms with E-state index in [0.29, 0.717) is 18.3 Å². The summed E-state index contributed by atoms with van der Waals surface area (Å²) in [6.45, 7) is 11.6. The van der Waals surface area contributed by atoms with Crippen LogP contribution in [0.25, 0.3) is 0 Å². The molecule has 0 amide bonds. The van der Waals surface area contributed by atoms with Gasteiger partial charge < -0.3 is 5.11 Å². The smallest absolute Gasteiger partial charge is 0.307 e. The Kier molecular flexibility index (Phi) is 6.65. The first-order valence-electron chi connectivity index (χ1n) is 12.0. The highest BCUT2D eigenvalue weighted by atomic mass is 16.4. The minimum atomic E-state index is -0.606. The van der Waals surface area contributed by atoms with Crippen LogP contribution in [0.15, 0.2) is 12.2 Å². The SMILES string of the molecule is CC(C)CCC[C@@H](C)[C@@H]1CC[C@H]2[C@@H](C(=O)O)[C@@H]([C@]3(C)C=CC(=O)CC3)CC[C@@]21C. The van der Waals surface area contributed by atoms with E-state index in [1.807, 2.05) is 6.08 Å². The second-order valence-corrected chi connectivity index (χ2v) is 11.4. The molecule has 0 aromatic heterocycles. The predicted molar refractivity (Wildman–Crippen MR) is 118 cm³/mol. The highest BCUT2D eigenvalue weighted by Gasteiger charge is 2.59. The van der Waals surface area contributed by atoms with E-state index < -0.39 is 5.97 Å². The van der Waals surface area contributed by atoms with E-state index in [1.165, 1.54) is 25.7 Å². The van der Waals surface area contributed by atoms with Crippen LogP contribution >= 0.6 is 0 Å². The Morgan fingerprint density at radius 2 is 1.83 bits per heavy atom. The van der Waals surface area contributed by atoms with Gasteiger partial charge in [-0.25, -0.2) is 0 Å². The molecule has 3 nitrogen and oxygen atoms in total. The van der Waals surface area contributed by atoms with Gasteiger partial charge in [0.1, 0.15) is 0 Å². The molecule has 2 fully saturated rings. The summed E-state index contributed by atoms with van der Waals surface area (Å²) in [4.78, 5) is 24.3. The van der Waals surface area contributed by atoms with Crippen molar-refractivity contribution < 1.29 is 14.7 Å². The van der Waals surface area contributed by atoms with Crippen molar-refractivity contribution in [1.82, 2.24) is 0 Å². The Morgan fingerprint density at radius 3 is 2.41 bits per heavy atom. The Morgan fingerprint density at radius 1 is 1.10 bits per heavy atom. The van der Waals surface area contributed by atoms with Crippen molar-refractivity contribution in [2.24, 2.45) is 46.3 Å². The lowest BCUT2D eigenvalue weighted by atomic mass is 9.51. The van der Waals surface area contributed by atoms with E-state index in [1.54, 1.807) is 6.08 Å². The van der Waals surface area contributed by atoms with Crippen LogP contribution in [0.4, 0.5) is 0 Å². The molecule has 3 aliphatic carbocycles. The van der Waals surface area contributed by atoms with Crippen molar-refractivity contribution in [1.29, 1.82) is 0 Å². The number of hydrogen-bond donors (Lipinski definition) is 1. The topological polar surface area (TPSA) is 54.4 Å². The molecule has 3 heteroatoms. The molecule has 0 spiro atoms. The summed E-state index contributed by atoms with van der Waals surface area (Å²) < 4.78 is 0. The lowest BCUT2D eigenvalue weighted by molar-refractivity contribution is -0.156. The third-order valence-electron chi connectivity index (χ3n) is 9.16. The van der Waals surface area contributed by atoms with Gasteiger partial charge in [-0.2, -0.15) is 0 Å². The predicted octanol–water partition coefficient (Wildman–Crippen LogP) is 6.52.